The van der Waals surface area contributed by atoms with Gasteiger partial charge in [0, 0.05) is 18.8 Å². The second-order valence-electron chi connectivity index (χ2n) is 8.28. The van der Waals surface area contributed by atoms with Crippen LogP contribution in [0.5, 0.6) is 0 Å². The van der Waals surface area contributed by atoms with Gasteiger partial charge >= 0.3 is 0 Å². The highest BCUT2D eigenvalue weighted by molar-refractivity contribution is 6.04. The predicted octanol–water partition coefficient (Wildman–Crippen LogP) is 3.03. The number of hydrogen-bond donors (Lipinski definition) is 2. The smallest absolute Gasteiger partial charge is 0.252 e. The normalized spacial score (nSPS) is 17.6. The number of hydrogen-bond acceptors (Lipinski definition) is 5. The van der Waals surface area contributed by atoms with Crippen LogP contribution in [0.25, 0.3) is 0 Å². The van der Waals surface area contributed by atoms with Gasteiger partial charge in [-0.1, -0.05) is 43.7 Å². The topological polar surface area (TPSA) is 77.6 Å². The average Bonchev–Trinajstić information content (AvgIpc) is 2.82. The van der Waals surface area contributed by atoms with Crippen molar-refractivity contribution in [2.45, 2.75) is 45.2 Å². The Balaban J connectivity index is 1.47. The van der Waals surface area contributed by atoms with Gasteiger partial charge in [-0.3, -0.25) is 14.5 Å². The van der Waals surface area contributed by atoms with Gasteiger partial charge in [-0.05, 0) is 44.0 Å². The molecule has 0 radical (unpaired) electrons. The molecule has 2 aliphatic rings. The fourth-order valence-electron chi connectivity index (χ4n) is 4.38. The Kier molecular flexibility index (Phi) is 6.82. The van der Waals surface area contributed by atoms with Crippen molar-refractivity contribution in [1.29, 1.82) is 0 Å². The molecular formula is C24H31N5O2. The number of fused-ring (bicyclic) bond motifs is 1. The summed E-state index contributed by atoms with van der Waals surface area (Å²) in [5, 5.41) is 6.14. The Morgan fingerprint density at radius 2 is 1.97 bits per heavy atom. The highest BCUT2D eigenvalue weighted by Crippen LogP contribution is 2.29. The Labute approximate surface area is 183 Å². The van der Waals surface area contributed by atoms with E-state index < -0.39 is 0 Å². The lowest BCUT2D eigenvalue weighted by atomic mass is 10.1. The minimum Gasteiger partial charge on any atom is -0.359 e. The van der Waals surface area contributed by atoms with E-state index in [1.807, 2.05) is 30.3 Å². The molecule has 7 heteroatoms. The van der Waals surface area contributed by atoms with Gasteiger partial charge in [0.2, 0.25) is 5.91 Å². The van der Waals surface area contributed by atoms with Crippen molar-refractivity contribution in [2.75, 3.05) is 36.4 Å². The summed E-state index contributed by atoms with van der Waals surface area (Å²) in [6.45, 7) is 5.66. The third-order valence-electron chi connectivity index (χ3n) is 6.19. The molecular weight excluding hydrogens is 390 g/mol. The van der Waals surface area contributed by atoms with Crippen LogP contribution in [0.2, 0.25) is 0 Å². The average molecular weight is 422 g/mol. The van der Waals surface area contributed by atoms with E-state index in [1.54, 1.807) is 17.2 Å². The monoisotopic (exact) mass is 421 g/mol. The Hall–Kier alpha value is -2.93. The molecule has 4 rings (SSSR count). The van der Waals surface area contributed by atoms with Crippen LogP contribution in [0.3, 0.4) is 0 Å². The number of rotatable bonds is 7. The summed E-state index contributed by atoms with van der Waals surface area (Å²) < 4.78 is 0. The number of nitrogens with one attached hydrogen (secondary N) is 2. The molecule has 1 aromatic carbocycles. The molecule has 1 unspecified atom stereocenters. The summed E-state index contributed by atoms with van der Waals surface area (Å²) in [5.74, 6) is 0.446. The van der Waals surface area contributed by atoms with Crippen LogP contribution < -0.4 is 15.5 Å². The Morgan fingerprint density at radius 3 is 2.71 bits per heavy atom. The lowest BCUT2D eigenvalue weighted by molar-refractivity contribution is -0.117. The number of piperidine rings is 1. The number of carbonyl (C=O) groups is 2. The standard InChI is InChI=1S/C24H31N5O2/c1-2-20(28-11-7-4-8-12-28)15-27-24(31)19-13-21-23(25-14-19)26-16-22(30)29(21)17-18-9-5-3-6-10-18/h3,5-6,9-10,13-14,20H,2,4,7-8,11-12,15-17H2,1H3,(H,25,26)(H,27,31). The number of anilines is 2. The maximum Gasteiger partial charge on any atom is 0.252 e. The number of pyridine rings is 1. The molecule has 0 saturated carbocycles. The molecule has 2 aromatic rings. The molecule has 7 nitrogen and oxygen atoms in total. The van der Waals surface area contributed by atoms with E-state index in [0.29, 0.717) is 36.2 Å². The summed E-state index contributed by atoms with van der Waals surface area (Å²) >= 11 is 0. The van der Waals surface area contributed by atoms with Crippen LogP contribution in [-0.4, -0.2) is 53.9 Å². The third-order valence-corrected chi connectivity index (χ3v) is 6.19. The number of benzene rings is 1. The first-order valence-electron chi connectivity index (χ1n) is 11.3. The Bertz CT molecular complexity index is 911. The Morgan fingerprint density at radius 1 is 1.19 bits per heavy atom. The van der Waals surface area contributed by atoms with E-state index in [-0.39, 0.29) is 18.4 Å². The molecule has 1 atom stereocenters. The van der Waals surface area contributed by atoms with Gasteiger partial charge in [0.25, 0.3) is 5.91 Å². The molecule has 31 heavy (non-hydrogen) atoms. The van der Waals surface area contributed by atoms with Crippen molar-refractivity contribution in [3.05, 3.63) is 53.7 Å². The van der Waals surface area contributed by atoms with E-state index in [2.05, 4.69) is 27.4 Å². The van der Waals surface area contributed by atoms with Gasteiger partial charge in [-0.15, -0.1) is 0 Å². The first-order valence-corrected chi connectivity index (χ1v) is 11.3. The van der Waals surface area contributed by atoms with Crippen LogP contribution in [-0.2, 0) is 11.3 Å². The summed E-state index contributed by atoms with van der Waals surface area (Å²) in [6.07, 6.45) is 6.35. The highest BCUT2D eigenvalue weighted by atomic mass is 16.2. The van der Waals surface area contributed by atoms with E-state index in [0.717, 1.165) is 25.1 Å². The van der Waals surface area contributed by atoms with Crippen LogP contribution in [0, 0.1) is 0 Å². The number of aromatic nitrogens is 1. The van der Waals surface area contributed by atoms with Crippen LogP contribution in [0.1, 0.15) is 48.5 Å². The molecule has 0 aliphatic carbocycles. The van der Waals surface area contributed by atoms with Crippen molar-refractivity contribution in [3.8, 4) is 0 Å². The molecule has 2 aliphatic heterocycles. The zero-order chi connectivity index (χ0) is 21.6. The van der Waals surface area contributed by atoms with Crippen molar-refractivity contribution < 1.29 is 9.59 Å². The third kappa shape index (κ3) is 5.05. The summed E-state index contributed by atoms with van der Waals surface area (Å²) in [4.78, 5) is 34.1. The number of amides is 2. The highest BCUT2D eigenvalue weighted by Gasteiger charge is 2.26. The summed E-state index contributed by atoms with van der Waals surface area (Å²) in [5.41, 5.74) is 2.16. The van der Waals surface area contributed by atoms with Gasteiger partial charge in [-0.25, -0.2) is 4.98 Å². The second-order valence-corrected chi connectivity index (χ2v) is 8.28. The van der Waals surface area contributed by atoms with Crippen molar-refractivity contribution >= 4 is 23.3 Å². The number of likely N-dealkylation sites (tertiary alicyclic amines) is 1. The largest absolute Gasteiger partial charge is 0.359 e. The molecule has 164 valence electrons. The maximum atomic E-state index is 12.9. The molecule has 0 spiro atoms. The van der Waals surface area contributed by atoms with Crippen LogP contribution >= 0.6 is 0 Å². The van der Waals surface area contributed by atoms with Crippen LogP contribution in [0.15, 0.2) is 42.6 Å². The van der Waals surface area contributed by atoms with Gasteiger partial charge in [-0.2, -0.15) is 0 Å². The zero-order valence-corrected chi connectivity index (χ0v) is 18.1. The van der Waals surface area contributed by atoms with Crippen molar-refractivity contribution in [3.63, 3.8) is 0 Å². The number of carbonyl (C=O) groups excluding carboxylic acids is 2. The number of nitrogens with zero attached hydrogens (tertiary/aromatic N) is 3. The summed E-state index contributed by atoms with van der Waals surface area (Å²) in [6, 6.07) is 12.0. The van der Waals surface area contributed by atoms with E-state index in [1.165, 1.54) is 19.3 Å². The van der Waals surface area contributed by atoms with Gasteiger partial charge in [0.1, 0.15) is 0 Å². The van der Waals surface area contributed by atoms with Gasteiger partial charge < -0.3 is 15.5 Å². The molecule has 1 fully saturated rings. The zero-order valence-electron chi connectivity index (χ0n) is 18.1. The molecule has 1 saturated heterocycles. The molecule has 2 amide bonds. The van der Waals surface area contributed by atoms with E-state index in [4.69, 9.17) is 0 Å². The second kappa shape index (κ2) is 9.92. The first-order chi connectivity index (χ1) is 15.2. The molecule has 3 heterocycles. The molecule has 1 aromatic heterocycles. The molecule has 0 bridgehead atoms. The van der Waals surface area contributed by atoms with Crippen LogP contribution in [0.4, 0.5) is 11.5 Å². The molecule has 2 N–H and O–H groups in total. The van der Waals surface area contributed by atoms with Gasteiger partial charge in [0.15, 0.2) is 5.82 Å². The summed E-state index contributed by atoms with van der Waals surface area (Å²) in [7, 11) is 0. The van der Waals surface area contributed by atoms with E-state index in [9.17, 15) is 9.59 Å². The van der Waals surface area contributed by atoms with Gasteiger partial charge in [0.05, 0.1) is 24.3 Å². The minimum absolute atomic E-state index is 0.0353. The lowest BCUT2D eigenvalue weighted by Crippen LogP contribution is -2.46. The quantitative estimate of drug-likeness (QED) is 0.719. The fourth-order valence-corrected chi connectivity index (χ4v) is 4.38. The van der Waals surface area contributed by atoms with E-state index >= 15 is 0 Å². The lowest BCUT2D eigenvalue weighted by Gasteiger charge is -2.34. The maximum absolute atomic E-state index is 12.9. The first kappa shape index (κ1) is 21.3. The predicted molar refractivity (Wildman–Crippen MR) is 122 cm³/mol. The minimum atomic E-state index is -0.150. The fraction of sp³-hybridized carbons (Fsp3) is 0.458. The van der Waals surface area contributed by atoms with Crippen molar-refractivity contribution in [1.82, 2.24) is 15.2 Å². The SMILES string of the molecule is CCC(CNC(=O)c1cnc2c(c1)N(Cc1ccccc1)C(=O)CN2)N1CCCCC1. The van der Waals surface area contributed by atoms with Crippen molar-refractivity contribution in [2.24, 2.45) is 0 Å².